The van der Waals surface area contributed by atoms with Gasteiger partial charge in [0.15, 0.2) is 11.5 Å². The standard InChI is InChI=1S/C20H20N2O4S/c1-25-17-8-5-14(11-18(17)26-2)20(24)21-10-9-19-22-16(12-27-19)13-3-6-15(23)7-4-13/h3-8,11-12,23H,9-10H2,1-2H3,(H,21,24). The van der Waals surface area contributed by atoms with Crippen molar-refractivity contribution in [3.8, 4) is 28.5 Å². The van der Waals surface area contributed by atoms with Crippen molar-refractivity contribution >= 4 is 17.2 Å². The minimum absolute atomic E-state index is 0.175. The SMILES string of the molecule is COc1ccc(C(=O)NCCc2nc(-c3ccc(O)cc3)cs2)cc1OC. The second-order valence-corrected chi connectivity index (χ2v) is 6.69. The number of phenols is 1. The van der Waals surface area contributed by atoms with Crippen molar-refractivity contribution in [1.82, 2.24) is 10.3 Å². The van der Waals surface area contributed by atoms with Gasteiger partial charge < -0.3 is 19.9 Å². The van der Waals surface area contributed by atoms with Gasteiger partial charge in [0.1, 0.15) is 5.75 Å². The number of nitrogens with zero attached hydrogens (tertiary/aromatic N) is 1. The van der Waals surface area contributed by atoms with Crippen LogP contribution in [0.2, 0.25) is 0 Å². The molecule has 0 radical (unpaired) electrons. The molecule has 1 heterocycles. The molecule has 3 rings (SSSR count). The number of hydrogen-bond donors (Lipinski definition) is 2. The number of nitrogens with one attached hydrogen (secondary N) is 1. The minimum atomic E-state index is -0.175. The summed E-state index contributed by atoms with van der Waals surface area (Å²) in [5, 5.41) is 15.2. The lowest BCUT2D eigenvalue weighted by Gasteiger charge is -2.09. The number of methoxy groups -OCH3 is 2. The van der Waals surface area contributed by atoms with Gasteiger partial charge in [-0.1, -0.05) is 0 Å². The number of thiazole rings is 1. The van der Waals surface area contributed by atoms with E-state index in [1.54, 1.807) is 48.8 Å². The molecule has 0 aliphatic rings. The monoisotopic (exact) mass is 384 g/mol. The maximum absolute atomic E-state index is 12.3. The van der Waals surface area contributed by atoms with Gasteiger partial charge in [-0.05, 0) is 42.5 Å². The van der Waals surface area contributed by atoms with Gasteiger partial charge in [-0.15, -0.1) is 11.3 Å². The van der Waals surface area contributed by atoms with Crippen LogP contribution in [-0.4, -0.2) is 36.8 Å². The molecule has 0 bridgehead atoms. The summed E-state index contributed by atoms with van der Waals surface area (Å²) in [7, 11) is 3.09. The Bertz CT molecular complexity index is 922. The van der Waals surface area contributed by atoms with Gasteiger partial charge >= 0.3 is 0 Å². The van der Waals surface area contributed by atoms with E-state index in [1.165, 1.54) is 7.11 Å². The third kappa shape index (κ3) is 4.57. The number of rotatable bonds is 7. The Morgan fingerprint density at radius 1 is 1.11 bits per heavy atom. The number of ether oxygens (including phenoxy) is 2. The summed E-state index contributed by atoms with van der Waals surface area (Å²) < 4.78 is 10.4. The van der Waals surface area contributed by atoms with E-state index in [0.717, 1.165) is 16.3 Å². The first-order valence-corrected chi connectivity index (χ1v) is 9.22. The Balaban J connectivity index is 1.57. The highest BCUT2D eigenvalue weighted by atomic mass is 32.1. The third-order valence-electron chi connectivity index (χ3n) is 3.98. The maximum Gasteiger partial charge on any atom is 0.251 e. The van der Waals surface area contributed by atoms with Gasteiger partial charge in [0.25, 0.3) is 5.91 Å². The molecule has 0 aliphatic heterocycles. The number of aromatic hydroxyl groups is 1. The molecule has 2 aromatic carbocycles. The summed E-state index contributed by atoms with van der Waals surface area (Å²) in [4.78, 5) is 16.9. The van der Waals surface area contributed by atoms with Crippen LogP contribution in [0.15, 0.2) is 47.8 Å². The predicted octanol–water partition coefficient (Wildman–Crippen LogP) is 3.51. The van der Waals surface area contributed by atoms with Crippen LogP contribution in [0.3, 0.4) is 0 Å². The number of aromatic nitrogens is 1. The number of carbonyl (C=O) groups is 1. The molecule has 1 amide bonds. The van der Waals surface area contributed by atoms with Crippen LogP contribution < -0.4 is 14.8 Å². The van der Waals surface area contributed by atoms with Gasteiger partial charge in [0.05, 0.1) is 24.9 Å². The van der Waals surface area contributed by atoms with Crippen molar-refractivity contribution in [2.75, 3.05) is 20.8 Å². The summed E-state index contributed by atoms with van der Waals surface area (Å²) >= 11 is 1.55. The van der Waals surface area contributed by atoms with Crippen molar-refractivity contribution in [1.29, 1.82) is 0 Å². The lowest BCUT2D eigenvalue weighted by molar-refractivity contribution is 0.0953. The highest BCUT2D eigenvalue weighted by molar-refractivity contribution is 7.09. The van der Waals surface area contributed by atoms with Crippen molar-refractivity contribution in [2.45, 2.75) is 6.42 Å². The molecule has 0 spiro atoms. The van der Waals surface area contributed by atoms with Gasteiger partial charge in [0.2, 0.25) is 0 Å². The largest absolute Gasteiger partial charge is 0.508 e. The Morgan fingerprint density at radius 3 is 2.56 bits per heavy atom. The number of hydrogen-bond acceptors (Lipinski definition) is 6. The van der Waals surface area contributed by atoms with Crippen LogP contribution >= 0.6 is 11.3 Å². The fraction of sp³-hybridized carbons (Fsp3) is 0.200. The van der Waals surface area contributed by atoms with E-state index in [4.69, 9.17) is 9.47 Å². The van der Waals surface area contributed by atoms with E-state index >= 15 is 0 Å². The van der Waals surface area contributed by atoms with Gasteiger partial charge in [-0.3, -0.25) is 4.79 Å². The van der Waals surface area contributed by atoms with Crippen LogP contribution in [0.5, 0.6) is 17.2 Å². The Labute approximate surface area is 161 Å². The highest BCUT2D eigenvalue weighted by Crippen LogP contribution is 2.27. The molecule has 1 aromatic heterocycles. The third-order valence-corrected chi connectivity index (χ3v) is 4.89. The molecule has 2 N–H and O–H groups in total. The molecular weight excluding hydrogens is 364 g/mol. The predicted molar refractivity (Wildman–Crippen MR) is 105 cm³/mol. The number of phenolic OH excluding ortho intramolecular Hbond substituents is 1. The lowest BCUT2D eigenvalue weighted by atomic mass is 10.2. The van der Waals surface area contributed by atoms with E-state index in [-0.39, 0.29) is 11.7 Å². The molecule has 27 heavy (non-hydrogen) atoms. The fourth-order valence-electron chi connectivity index (χ4n) is 2.55. The van der Waals surface area contributed by atoms with Crippen molar-refractivity contribution in [3.63, 3.8) is 0 Å². The molecule has 7 heteroatoms. The van der Waals surface area contributed by atoms with Crippen LogP contribution in [0.25, 0.3) is 11.3 Å². The van der Waals surface area contributed by atoms with Crippen LogP contribution in [0.4, 0.5) is 0 Å². The molecule has 0 fully saturated rings. The first-order chi connectivity index (χ1) is 13.1. The number of benzene rings is 2. The molecular formula is C20H20N2O4S. The highest BCUT2D eigenvalue weighted by Gasteiger charge is 2.11. The summed E-state index contributed by atoms with van der Waals surface area (Å²) in [6.07, 6.45) is 0.641. The molecule has 0 aliphatic carbocycles. The number of amides is 1. The van der Waals surface area contributed by atoms with Crippen LogP contribution in [0, 0.1) is 0 Å². The van der Waals surface area contributed by atoms with E-state index < -0.39 is 0 Å². The summed E-state index contributed by atoms with van der Waals surface area (Å²) in [6, 6.07) is 12.0. The lowest BCUT2D eigenvalue weighted by Crippen LogP contribution is -2.25. The Hall–Kier alpha value is -3.06. The molecule has 3 aromatic rings. The average molecular weight is 384 g/mol. The quantitative estimate of drug-likeness (QED) is 0.652. The Morgan fingerprint density at radius 2 is 1.85 bits per heavy atom. The summed E-state index contributed by atoms with van der Waals surface area (Å²) in [5.41, 5.74) is 2.32. The van der Waals surface area contributed by atoms with E-state index in [9.17, 15) is 9.90 Å². The molecule has 6 nitrogen and oxygen atoms in total. The molecule has 0 atom stereocenters. The van der Waals surface area contributed by atoms with Crippen molar-refractivity contribution < 1.29 is 19.4 Å². The smallest absolute Gasteiger partial charge is 0.251 e. The topological polar surface area (TPSA) is 80.7 Å². The summed E-state index contributed by atoms with van der Waals surface area (Å²) in [6.45, 7) is 0.482. The summed E-state index contributed by atoms with van der Waals surface area (Å²) in [5.74, 6) is 1.15. The second kappa shape index (κ2) is 8.55. The van der Waals surface area contributed by atoms with Gasteiger partial charge in [-0.2, -0.15) is 0 Å². The maximum atomic E-state index is 12.3. The average Bonchev–Trinajstić information content (AvgIpc) is 3.16. The van der Waals surface area contributed by atoms with Crippen molar-refractivity contribution in [3.05, 3.63) is 58.4 Å². The zero-order chi connectivity index (χ0) is 19.2. The van der Waals surface area contributed by atoms with Crippen molar-refractivity contribution in [2.24, 2.45) is 0 Å². The van der Waals surface area contributed by atoms with E-state index in [2.05, 4.69) is 10.3 Å². The molecule has 0 unspecified atom stereocenters. The fourth-order valence-corrected chi connectivity index (χ4v) is 3.36. The molecule has 0 saturated carbocycles. The van der Waals surface area contributed by atoms with Crippen LogP contribution in [-0.2, 0) is 6.42 Å². The molecule has 140 valence electrons. The first-order valence-electron chi connectivity index (χ1n) is 8.34. The van der Waals surface area contributed by atoms with E-state index in [0.29, 0.717) is 30.0 Å². The Kier molecular flexibility index (Phi) is 5.93. The zero-order valence-corrected chi connectivity index (χ0v) is 15.9. The zero-order valence-electron chi connectivity index (χ0n) is 15.1. The normalized spacial score (nSPS) is 10.4. The number of carbonyl (C=O) groups excluding carboxylic acids is 1. The van der Waals surface area contributed by atoms with E-state index in [1.807, 2.05) is 17.5 Å². The molecule has 0 saturated heterocycles. The van der Waals surface area contributed by atoms with Gasteiger partial charge in [0, 0.05) is 29.5 Å². The first kappa shape index (κ1) is 18.7. The minimum Gasteiger partial charge on any atom is -0.508 e. The van der Waals surface area contributed by atoms with Crippen LogP contribution in [0.1, 0.15) is 15.4 Å². The van der Waals surface area contributed by atoms with Gasteiger partial charge in [-0.25, -0.2) is 4.98 Å². The second-order valence-electron chi connectivity index (χ2n) is 5.75.